The van der Waals surface area contributed by atoms with E-state index in [9.17, 15) is 8.42 Å². The molecule has 0 radical (unpaired) electrons. The van der Waals surface area contributed by atoms with Crippen molar-refractivity contribution in [2.24, 2.45) is 0 Å². The van der Waals surface area contributed by atoms with E-state index < -0.39 is 10.9 Å². The fourth-order valence-electron chi connectivity index (χ4n) is 3.66. The quantitative estimate of drug-likeness (QED) is 0.310. The molecule has 0 fully saturated rings. The number of thiol groups is 1. The van der Waals surface area contributed by atoms with E-state index in [-0.39, 0.29) is 6.54 Å². The minimum atomic E-state index is -2.60. The first-order valence-corrected chi connectivity index (χ1v) is 11.4. The van der Waals surface area contributed by atoms with E-state index in [1.807, 2.05) is 30.5 Å². The molecule has 0 atom stereocenters. The Bertz CT molecular complexity index is 1440. The summed E-state index contributed by atoms with van der Waals surface area (Å²) in [5.74, 6) is 0.513. The van der Waals surface area contributed by atoms with Crippen LogP contribution in [0.25, 0.3) is 43.2 Å². The Hall–Kier alpha value is -3.20. The van der Waals surface area contributed by atoms with Gasteiger partial charge in [0.05, 0.1) is 0 Å². The van der Waals surface area contributed by atoms with Crippen molar-refractivity contribution in [3.63, 3.8) is 0 Å². The number of pyridine rings is 1. The van der Waals surface area contributed by atoms with Gasteiger partial charge in [0.25, 0.3) is 0 Å². The van der Waals surface area contributed by atoms with Crippen LogP contribution >= 0.6 is 11.3 Å². The molecule has 2 aromatic carbocycles. The van der Waals surface area contributed by atoms with E-state index in [0.717, 1.165) is 48.8 Å². The molecule has 4 N–H and O–H groups in total. The van der Waals surface area contributed by atoms with Gasteiger partial charge in [-0.15, -0.1) is 11.3 Å². The number of nitrogen functional groups attached to an aromatic ring is 1. The number of hydrogen-bond acceptors (Lipinski definition) is 5. The van der Waals surface area contributed by atoms with Crippen LogP contribution in [0, 0.1) is 0 Å². The monoisotopic (exact) mass is 434 g/mol. The first-order valence-electron chi connectivity index (χ1n) is 9.30. The third kappa shape index (κ3) is 3.35. The third-order valence-corrected chi connectivity index (χ3v) is 6.60. The number of aromatic amines is 1. The minimum absolute atomic E-state index is 0.277. The molecule has 0 bridgehead atoms. The molecule has 6 nitrogen and oxygen atoms in total. The molecule has 0 aliphatic heterocycles. The van der Waals surface area contributed by atoms with Crippen molar-refractivity contribution >= 4 is 49.0 Å². The van der Waals surface area contributed by atoms with Gasteiger partial charge in [-0.05, 0) is 45.7 Å². The number of aromatic nitrogens is 2. The summed E-state index contributed by atoms with van der Waals surface area (Å²) in [7, 11) is -2.60. The molecule has 3 heterocycles. The van der Waals surface area contributed by atoms with Gasteiger partial charge < -0.3 is 10.7 Å². The lowest BCUT2D eigenvalue weighted by molar-refractivity contribution is 0.601. The lowest BCUT2D eigenvalue weighted by atomic mass is 10.00. The molecular formula is C22H18N4O2S2. The summed E-state index contributed by atoms with van der Waals surface area (Å²) < 4.78 is 24.9. The Morgan fingerprint density at radius 3 is 2.63 bits per heavy atom. The molecule has 5 rings (SSSR count). The van der Waals surface area contributed by atoms with E-state index in [1.54, 1.807) is 17.5 Å². The predicted molar refractivity (Wildman–Crippen MR) is 124 cm³/mol. The first-order chi connectivity index (χ1) is 14.6. The second-order valence-corrected chi connectivity index (χ2v) is 8.69. The van der Waals surface area contributed by atoms with Crippen molar-refractivity contribution in [2.75, 3.05) is 5.73 Å². The molecule has 0 spiro atoms. The van der Waals surface area contributed by atoms with E-state index in [1.165, 1.54) is 0 Å². The Kier molecular flexibility index (Phi) is 4.74. The molecular weight excluding hydrogens is 416 g/mol. The third-order valence-electron chi connectivity index (χ3n) is 5.17. The number of nitrogens with zero attached hydrogens (tertiary/aromatic N) is 1. The maximum absolute atomic E-state index is 10.7. The van der Waals surface area contributed by atoms with Crippen molar-refractivity contribution in [3.05, 3.63) is 71.9 Å². The minimum Gasteiger partial charge on any atom is -0.383 e. The first kappa shape index (κ1) is 18.8. The number of hydrogen-bond donors (Lipinski definition) is 4. The van der Waals surface area contributed by atoms with Crippen LogP contribution in [0.5, 0.6) is 0 Å². The van der Waals surface area contributed by atoms with Crippen molar-refractivity contribution < 1.29 is 8.42 Å². The lowest BCUT2D eigenvalue weighted by Gasteiger charge is -2.08. The van der Waals surface area contributed by atoms with Crippen LogP contribution in [0.15, 0.2) is 66.3 Å². The molecule has 0 amide bonds. The van der Waals surface area contributed by atoms with E-state index in [4.69, 9.17) is 5.73 Å². The molecule has 0 aliphatic rings. The Morgan fingerprint density at radius 1 is 1.03 bits per heavy atom. The molecule has 0 saturated carbocycles. The summed E-state index contributed by atoms with van der Waals surface area (Å²) in [5.41, 5.74) is 12.5. The number of nitrogens with one attached hydrogen (secondary N) is 2. The Balaban J connectivity index is 1.58. The predicted octanol–water partition coefficient (Wildman–Crippen LogP) is 4.31. The van der Waals surface area contributed by atoms with Crippen LogP contribution in [0.3, 0.4) is 0 Å². The highest BCUT2D eigenvalue weighted by Gasteiger charge is 2.15. The largest absolute Gasteiger partial charge is 0.383 e. The number of rotatable bonds is 5. The van der Waals surface area contributed by atoms with Gasteiger partial charge in [0.2, 0.25) is 10.9 Å². The van der Waals surface area contributed by atoms with Crippen LogP contribution in [-0.4, -0.2) is 18.4 Å². The highest BCUT2D eigenvalue weighted by Crippen LogP contribution is 2.42. The molecule has 0 aliphatic carbocycles. The van der Waals surface area contributed by atoms with Crippen LogP contribution in [0.1, 0.15) is 5.56 Å². The highest BCUT2D eigenvalue weighted by atomic mass is 32.2. The molecule has 0 saturated heterocycles. The molecule has 0 unspecified atom stereocenters. The second-order valence-electron chi connectivity index (χ2n) is 6.98. The van der Waals surface area contributed by atoms with Crippen molar-refractivity contribution in [1.82, 2.24) is 14.7 Å². The van der Waals surface area contributed by atoms with Crippen molar-refractivity contribution in [3.8, 4) is 22.3 Å². The average Bonchev–Trinajstić information content (AvgIpc) is 3.40. The van der Waals surface area contributed by atoms with Gasteiger partial charge in [-0.25, -0.2) is 18.1 Å². The van der Waals surface area contributed by atoms with Crippen LogP contribution in [0.4, 0.5) is 5.82 Å². The lowest BCUT2D eigenvalue weighted by Crippen LogP contribution is -2.09. The van der Waals surface area contributed by atoms with Crippen molar-refractivity contribution in [1.29, 1.82) is 0 Å². The van der Waals surface area contributed by atoms with E-state index in [0.29, 0.717) is 5.82 Å². The zero-order chi connectivity index (χ0) is 20.7. The number of nitrogens with two attached hydrogens (primary N) is 1. The van der Waals surface area contributed by atoms with Gasteiger partial charge >= 0.3 is 0 Å². The zero-order valence-corrected chi connectivity index (χ0v) is 17.5. The summed E-state index contributed by atoms with van der Waals surface area (Å²) in [6.07, 6.45) is 3.73. The summed E-state index contributed by atoms with van der Waals surface area (Å²) in [5, 5.41) is 4.24. The zero-order valence-electron chi connectivity index (χ0n) is 15.8. The normalized spacial score (nSPS) is 11.6. The number of thiophene rings is 1. The molecule has 3 aromatic heterocycles. The summed E-state index contributed by atoms with van der Waals surface area (Å²) in [4.78, 5) is 7.68. The van der Waals surface area contributed by atoms with E-state index >= 15 is 0 Å². The van der Waals surface area contributed by atoms with Gasteiger partial charge in [-0.1, -0.05) is 30.3 Å². The average molecular weight is 435 g/mol. The van der Waals surface area contributed by atoms with Gasteiger partial charge in [0.15, 0.2) is 0 Å². The van der Waals surface area contributed by atoms with Crippen LogP contribution < -0.4 is 10.5 Å². The number of fused-ring (bicyclic) bond motifs is 2. The summed E-state index contributed by atoms with van der Waals surface area (Å²) in [6.45, 7) is 0.277. The number of anilines is 1. The molecule has 150 valence electrons. The fourth-order valence-corrected chi connectivity index (χ4v) is 5.10. The molecule has 30 heavy (non-hydrogen) atoms. The van der Waals surface area contributed by atoms with Gasteiger partial charge in [-0.2, -0.15) is 0 Å². The molecule has 8 heteroatoms. The van der Waals surface area contributed by atoms with Gasteiger partial charge in [-0.3, -0.25) is 0 Å². The summed E-state index contributed by atoms with van der Waals surface area (Å²) >= 11 is 1.65. The SMILES string of the molecule is Nc1ncc(-c2ccc(CN[SH](=O)=O)cc2)c2scc(-c3ccc4[nH]ccc4c3)c12. The Morgan fingerprint density at radius 2 is 1.83 bits per heavy atom. The van der Waals surface area contributed by atoms with Crippen molar-refractivity contribution in [2.45, 2.75) is 6.54 Å². The van der Waals surface area contributed by atoms with Crippen LogP contribution in [-0.2, 0) is 17.4 Å². The smallest absolute Gasteiger partial charge is 0.201 e. The maximum Gasteiger partial charge on any atom is 0.201 e. The maximum atomic E-state index is 10.7. The van der Waals surface area contributed by atoms with E-state index in [2.05, 4.69) is 44.3 Å². The summed E-state index contributed by atoms with van der Waals surface area (Å²) in [6, 6.07) is 16.2. The Labute approximate surface area is 178 Å². The fraction of sp³-hybridized carbons (Fsp3) is 0.0455. The number of benzene rings is 2. The van der Waals surface area contributed by atoms with Gasteiger partial charge in [0.1, 0.15) is 5.82 Å². The van der Waals surface area contributed by atoms with Crippen LogP contribution in [0.2, 0.25) is 0 Å². The van der Waals surface area contributed by atoms with Gasteiger partial charge in [0, 0.05) is 45.7 Å². The topological polar surface area (TPSA) is 101 Å². The second kappa shape index (κ2) is 7.56. The molecule has 5 aromatic rings. The highest BCUT2D eigenvalue weighted by molar-refractivity contribution is 7.70. The standard InChI is InChI=1S/C22H18N4O2S2/c23-22-20-18(15-5-6-19-16(9-15)7-8-24-19)12-29-21(20)17(11-25-22)14-3-1-13(2-4-14)10-26-30(27)28/h1-9,11-12,24,30H,10H2,(H2,23,25)(H,26,27,28). The number of H-pyrrole nitrogens is 1.